The summed E-state index contributed by atoms with van der Waals surface area (Å²) in [7, 11) is -9.37. The molecule has 0 amide bonds. The summed E-state index contributed by atoms with van der Waals surface area (Å²) < 4.78 is 70.8. The van der Waals surface area contributed by atoms with Crippen LogP contribution in [0.4, 0.5) is 4.39 Å². The summed E-state index contributed by atoms with van der Waals surface area (Å²) in [4.78, 5) is 0. The third-order valence-corrected chi connectivity index (χ3v) is 6.44. The number of benzene rings is 1. The molecule has 0 heterocycles. The number of halogens is 1. The van der Waals surface area contributed by atoms with E-state index < -0.39 is 36.9 Å². The summed E-state index contributed by atoms with van der Waals surface area (Å²) in [5, 5.41) is -2.14. The molecule has 0 saturated carbocycles. The maximum atomic E-state index is 12.9. The number of hydrogen-bond acceptors (Lipinski definition) is 5. The molecule has 0 aliphatic heterocycles. The summed E-state index contributed by atoms with van der Waals surface area (Å²) in [5.74, 6) is -0.0338. The van der Waals surface area contributed by atoms with Gasteiger partial charge in [-0.1, -0.05) is 18.2 Å². The van der Waals surface area contributed by atoms with Crippen molar-refractivity contribution in [2.24, 2.45) is 0 Å². The van der Waals surface area contributed by atoms with Crippen LogP contribution in [0.1, 0.15) is 13.8 Å². The normalized spacial score (nSPS) is 14.8. The lowest BCUT2D eigenvalue weighted by molar-refractivity contribution is 0.368. The molecule has 1 unspecified atom stereocenters. The Morgan fingerprint density at radius 2 is 1.70 bits per heavy atom. The maximum Gasteiger partial charge on any atom is 0.315 e. The van der Waals surface area contributed by atoms with Crippen molar-refractivity contribution in [3.05, 3.63) is 30.3 Å². The molecule has 0 aliphatic carbocycles. The van der Waals surface area contributed by atoms with Crippen molar-refractivity contribution in [3.63, 3.8) is 0 Å². The Kier molecular flexibility index (Phi) is 4.78. The maximum absolute atomic E-state index is 12.9. The third-order valence-electron chi connectivity index (χ3n) is 2.87. The lowest BCUT2D eigenvalue weighted by Crippen LogP contribution is -2.51. The van der Waals surface area contributed by atoms with Crippen molar-refractivity contribution in [2.45, 2.75) is 23.8 Å². The minimum absolute atomic E-state index is 0.0338. The van der Waals surface area contributed by atoms with Gasteiger partial charge in [0.05, 0.1) is 0 Å². The van der Waals surface area contributed by atoms with Gasteiger partial charge in [-0.3, -0.25) is 4.55 Å². The fourth-order valence-electron chi connectivity index (χ4n) is 1.50. The van der Waals surface area contributed by atoms with Crippen LogP contribution in [-0.2, 0) is 20.2 Å². The molecule has 0 saturated heterocycles. The van der Waals surface area contributed by atoms with E-state index in [2.05, 4.69) is 0 Å². The van der Waals surface area contributed by atoms with E-state index in [0.29, 0.717) is 0 Å². The van der Waals surface area contributed by atoms with Gasteiger partial charge in [0.15, 0.2) is 0 Å². The Morgan fingerprint density at radius 3 is 2.10 bits per heavy atom. The van der Waals surface area contributed by atoms with Crippen LogP contribution in [0, 0.1) is 0 Å². The molecule has 1 N–H and O–H groups in total. The SMILES string of the molecule is CC(C)(C(CF)S(=O)(=O)O)S(=O)(=O)Oc1ccccc1. The van der Waals surface area contributed by atoms with Crippen molar-refractivity contribution in [1.82, 2.24) is 0 Å². The number of alkyl halides is 1. The second kappa shape index (κ2) is 5.66. The average Bonchev–Trinajstić information content (AvgIpc) is 2.27. The van der Waals surface area contributed by atoms with Crippen LogP contribution >= 0.6 is 0 Å². The molecule has 0 radical (unpaired) electrons. The molecule has 0 aromatic heterocycles. The zero-order chi connectivity index (χ0) is 15.6. The van der Waals surface area contributed by atoms with Crippen molar-refractivity contribution in [1.29, 1.82) is 0 Å². The van der Waals surface area contributed by atoms with Gasteiger partial charge in [-0.2, -0.15) is 16.8 Å². The van der Waals surface area contributed by atoms with Crippen LogP contribution in [0.2, 0.25) is 0 Å². The first-order chi connectivity index (χ1) is 9.02. The minimum atomic E-state index is -4.88. The molecular formula is C11H15FO6S2. The number of rotatable bonds is 6. The van der Waals surface area contributed by atoms with Gasteiger partial charge in [-0.15, -0.1) is 0 Å². The van der Waals surface area contributed by atoms with E-state index in [1.165, 1.54) is 24.3 Å². The first-order valence-electron chi connectivity index (χ1n) is 5.53. The molecule has 1 aromatic rings. The molecule has 1 rings (SSSR count). The van der Waals surface area contributed by atoms with E-state index >= 15 is 0 Å². The molecule has 0 aliphatic rings. The Bertz CT molecular complexity index is 651. The van der Waals surface area contributed by atoms with Gasteiger partial charge >= 0.3 is 10.1 Å². The van der Waals surface area contributed by atoms with Crippen molar-refractivity contribution in [2.75, 3.05) is 6.67 Å². The molecule has 1 aromatic carbocycles. The predicted molar refractivity (Wildman–Crippen MR) is 71.4 cm³/mol. The van der Waals surface area contributed by atoms with Crippen molar-refractivity contribution < 1.29 is 30.0 Å². The van der Waals surface area contributed by atoms with Gasteiger partial charge in [0.2, 0.25) is 0 Å². The second-order valence-corrected chi connectivity index (χ2v) is 8.34. The lowest BCUT2D eigenvalue weighted by Gasteiger charge is -2.29. The fraction of sp³-hybridized carbons (Fsp3) is 0.455. The average molecular weight is 326 g/mol. The van der Waals surface area contributed by atoms with Crippen LogP contribution in [0.25, 0.3) is 0 Å². The zero-order valence-corrected chi connectivity index (χ0v) is 12.5. The van der Waals surface area contributed by atoms with E-state index in [4.69, 9.17) is 8.74 Å². The Labute approximate surface area is 117 Å². The lowest BCUT2D eigenvalue weighted by atomic mass is 10.1. The van der Waals surface area contributed by atoms with Crippen LogP contribution in [0.15, 0.2) is 30.3 Å². The van der Waals surface area contributed by atoms with Crippen LogP contribution < -0.4 is 4.18 Å². The molecule has 114 valence electrons. The number of hydrogen-bond donors (Lipinski definition) is 1. The first-order valence-corrected chi connectivity index (χ1v) is 8.45. The summed E-state index contributed by atoms with van der Waals surface area (Å²) in [6.07, 6.45) is 0. The summed E-state index contributed by atoms with van der Waals surface area (Å²) in [5.41, 5.74) is 0. The summed E-state index contributed by atoms with van der Waals surface area (Å²) in [6.45, 7) is 0.399. The minimum Gasteiger partial charge on any atom is -0.382 e. The number of para-hydroxylation sites is 1. The summed E-state index contributed by atoms with van der Waals surface area (Å²) >= 11 is 0. The third kappa shape index (κ3) is 3.47. The van der Waals surface area contributed by atoms with Gasteiger partial charge < -0.3 is 4.18 Å². The highest BCUT2D eigenvalue weighted by Crippen LogP contribution is 2.29. The smallest absolute Gasteiger partial charge is 0.315 e. The summed E-state index contributed by atoms with van der Waals surface area (Å²) in [6, 6.07) is 7.38. The van der Waals surface area contributed by atoms with Gasteiger partial charge in [0, 0.05) is 0 Å². The van der Waals surface area contributed by atoms with E-state index in [9.17, 15) is 21.2 Å². The highest BCUT2D eigenvalue weighted by atomic mass is 32.2. The van der Waals surface area contributed by atoms with Gasteiger partial charge in [0.25, 0.3) is 10.1 Å². The standard InChI is InChI=1S/C11H15FO6S2/c1-11(2,10(8-12)19(13,14)15)20(16,17)18-9-6-4-3-5-7-9/h3-7,10H,8H2,1-2H3,(H,13,14,15). The fourth-order valence-corrected chi connectivity index (χ4v) is 4.05. The van der Waals surface area contributed by atoms with Crippen LogP contribution in [0.3, 0.4) is 0 Å². The zero-order valence-electron chi connectivity index (χ0n) is 10.9. The quantitative estimate of drug-likeness (QED) is 0.627. The molecule has 20 heavy (non-hydrogen) atoms. The molecular weight excluding hydrogens is 311 g/mol. The van der Waals surface area contributed by atoms with Crippen LogP contribution in [-0.4, -0.2) is 38.1 Å². The largest absolute Gasteiger partial charge is 0.382 e. The van der Waals surface area contributed by atoms with E-state index in [1.807, 2.05) is 0 Å². The molecule has 0 fully saturated rings. The van der Waals surface area contributed by atoms with E-state index in [-0.39, 0.29) is 5.75 Å². The molecule has 1 atom stereocenters. The monoisotopic (exact) mass is 326 g/mol. The molecule has 6 nitrogen and oxygen atoms in total. The molecule has 0 bridgehead atoms. The Hall–Kier alpha value is -1.19. The van der Waals surface area contributed by atoms with E-state index in [1.54, 1.807) is 6.07 Å². The predicted octanol–water partition coefficient (Wildman–Crippen LogP) is 1.40. The highest BCUT2D eigenvalue weighted by molar-refractivity contribution is 7.91. The van der Waals surface area contributed by atoms with Crippen LogP contribution in [0.5, 0.6) is 5.75 Å². The first kappa shape index (κ1) is 16.9. The topological polar surface area (TPSA) is 97.7 Å². The van der Waals surface area contributed by atoms with Crippen molar-refractivity contribution in [3.8, 4) is 5.75 Å². The Morgan fingerprint density at radius 1 is 1.20 bits per heavy atom. The molecule has 9 heteroatoms. The van der Waals surface area contributed by atoms with Gasteiger partial charge in [0.1, 0.15) is 22.4 Å². The Balaban J connectivity index is 3.19. The van der Waals surface area contributed by atoms with Gasteiger partial charge in [-0.25, -0.2) is 4.39 Å². The second-order valence-electron chi connectivity index (χ2n) is 4.61. The van der Waals surface area contributed by atoms with Gasteiger partial charge in [-0.05, 0) is 26.0 Å². The van der Waals surface area contributed by atoms with Crippen molar-refractivity contribution >= 4 is 20.2 Å². The highest BCUT2D eigenvalue weighted by Gasteiger charge is 2.50. The molecule has 0 spiro atoms. The van der Waals surface area contributed by atoms with E-state index in [0.717, 1.165) is 13.8 Å².